The summed E-state index contributed by atoms with van der Waals surface area (Å²) in [6.07, 6.45) is 2.06. The van der Waals surface area contributed by atoms with Crippen LogP contribution in [0.15, 0.2) is 42.7 Å². The zero-order chi connectivity index (χ0) is 18.4. The van der Waals surface area contributed by atoms with E-state index in [0.717, 1.165) is 30.0 Å². The van der Waals surface area contributed by atoms with Crippen molar-refractivity contribution >= 4 is 11.9 Å². The molecule has 3 rings (SSSR count). The number of methoxy groups -OCH3 is 1. The molecule has 7 heteroatoms. The molecule has 1 aromatic heterocycles. The summed E-state index contributed by atoms with van der Waals surface area (Å²) in [6, 6.07) is 11.7. The lowest BCUT2D eigenvalue weighted by atomic mass is 10.2. The van der Waals surface area contributed by atoms with Gasteiger partial charge >= 0.3 is 6.09 Å². The maximum atomic E-state index is 12.0. The lowest BCUT2D eigenvalue weighted by Gasteiger charge is -2.25. The number of rotatable bonds is 6. The molecule has 26 heavy (non-hydrogen) atoms. The van der Waals surface area contributed by atoms with Crippen LogP contribution in [0.2, 0.25) is 0 Å². The van der Waals surface area contributed by atoms with E-state index in [1.54, 1.807) is 13.4 Å². The predicted molar refractivity (Wildman–Crippen MR) is 97.9 cm³/mol. The number of nitrogens with one attached hydrogen (secondary N) is 1. The predicted octanol–water partition coefficient (Wildman–Crippen LogP) is 2.31. The molecule has 0 bridgehead atoms. The molecule has 138 valence electrons. The van der Waals surface area contributed by atoms with Crippen LogP contribution in [0, 0.1) is 6.92 Å². The maximum Gasteiger partial charge on any atom is 0.407 e. The maximum absolute atomic E-state index is 12.0. The Morgan fingerprint density at radius 1 is 1.31 bits per heavy atom. The average Bonchev–Trinajstić information content (AvgIpc) is 3.09. The van der Waals surface area contributed by atoms with Crippen molar-refractivity contribution in [1.82, 2.24) is 15.3 Å². The third-order valence-corrected chi connectivity index (χ3v) is 4.49. The van der Waals surface area contributed by atoms with Gasteiger partial charge in [-0.15, -0.1) is 0 Å². The summed E-state index contributed by atoms with van der Waals surface area (Å²) in [6.45, 7) is 3.39. The number of ether oxygens (including phenoxy) is 2. The van der Waals surface area contributed by atoms with Crippen LogP contribution in [0.4, 0.5) is 10.6 Å². The number of benzene rings is 1. The second kappa shape index (κ2) is 8.62. The van der Waals surface area contributed by atoms with Gasteiger partial charge in [0, 0.05) is 32.0 Å². The summed E-state index contributed by atoms with van der Waals surface area (Å²) in [7, 11) is 1.71. The molecule has 2 heterocycles. The van der Waals surface area contributed by atoms with E-state index in [9.17, 15) is 4.79 Å². The summed E-state index contributed by atoms with van der Waals surface area (Å²) >= 11 is 0. The second-order valence-corrected chi connectivity index (χ2v) is 6.36. The molecule has 2 atom stereocenters. The Kier molecular flexibility index (Phi) is 6.01. The number of anilines is 1. The van der Waals surface area contributed by atoms with Crippen LogP contribution in [-0.4, -0.2) is 48.4 Å². The Morgan fingerprint density at radius 2 is 2.12 bits per heavy atom. The van der Waals surface area contributed by atoms with E-state index < -0.39 is 6.09 Å². The van der Waals surface area contributed by atoms with Crippen molar-refractivity contribution in [3.63, 3.8) is 0 Å². The monoisotopic (exact) mass is 356 g/mol. The Morgan fingerprint density at radius 3 is 2.85 bits per heavy atom. The number of carbonyl (C=O) groups excluding carboxylic acids is 1. The first-order valence-electron chi connectivity index (χ1n) is 8.68. The number of aryl methyl sites for hydroxylation is 1. The van der Waals surface area contributed by atoms with E-state index in [0.29, 0.717) is 6.54 Å². The average molecular weight is 356 g/mol. The summed E-state index contributed by atoms with van der Waals surface area (Å²) < 4.78 is 10.8. The number of aromatic nitrogens is 2. The minimum Gasteiger partial charge on any atom is -0.445 e. The van der Waals surface area contributed by atoms with E-state index in [1.165, 1.54) is 0 Å². The molecule has 1 amide bonds. The third kappa shape index (κ3) is 4.70. The highest BCUT2D eigenvalue weighted by atomic mass is 16.5. The summed E-state index contributed by atoms with van der Waals surface area (Å²) in [5.74, 6) is 0.849. The summed E-state index contributed by atoms with van der Waals surface area (Å²) in [4.78, 5) is 22.7. The van der Waals surface area contributed by atoms with Crippen molar-refractivity contribution < 1.29 is 14.3 Å². The highest BCUT2D eigenvalue weighted by Gasteiger charge is 2.33. The number of hydrogen-bond acceptors (Lipinski definition) is 6. The Balaban J connectivity index is 1.55. The van der Waals surface area contributed by atoms with Gasteiger partial charge in [-0.3, -0.25) is 0 Å². The second-order valence-electron chi connectivity index (χ2n) is 6.36. The number of alkyl carbamates (subject to hydrolysis) is 1. The number of carbonyl (C=O) groups is 1. The van der Waals surface area contributed by atoms with Gasteiger partial charge in [0.1, 0.15) is 18.8 Å². The quantitative estimate of drug-likeness (QED) is 0.856. The van der Waals surface area contributed by atoms with Crippen LogP contribution < -0.4 is 10.2 Å². The van der Waals surface area contributed by atoms with Gasteiger partial charge in [0.2, 0.25) is 0 Å². The Hall–Kier alpha value is -2.67. The van der Waals surface area contributed by atoms with E-state index in [1.807, 2.05) is 43.3 Å². The fourth-order valence-corrected chi connectivity index (χ4v) is 3.09. The van der Waals surface area contributed by atoms with Crippen LogP contribution >= 0.6 is 0 Å². The first-order valence-corrected chi connectivity index (χ1v) is 8.68. The molecule has 1 saturated heterocycles. The lowest BCUT2D eigenvalue weighted by molar-refractivity contribution is 0.117. The van der Waals surface area contributed by atoms with Crippen molar-refractivity contribution in [3.8, 4) is 0 Å². The van der Waals surface area contributed by atoms with Gasteiger partial charge in [0.25, 0.3) is 0 Å². The molecule has 0 saturated carbocycles. The topological polar surface area (TPSA) is 76.6 Å². The standard InChI is InChI=1S/C19H24N4O3/c1-14-8-18(22-13-21-14)23-11-17(25-2)9-16(23)10-20-19(24)26-12-15-6-4-3-5-7-15/h3-8,13,16-17H,9-12H2,1-2H3,(H,20,24)/t16-,17-/m1/s1. The largest absolute Gasteiger partial charge is 0.445 e. The minimum atomic E-state index is -0.423. The van der Waals surface area contributed by atoms with Crippen LogP contribution in [0.25, 0.3) is 0 Å². The van der Waals surface area contributed by atoms with Gasteiger partial charge < -0.3 is 19.7 Å². The Labute approximate surface area is 153 Å². The van der Waals surface area contributed by atoms with Crippen molar-refractivity contribution in [2.75, 3.05) is 25.1 Å². The number of nitrogens with zero attached hydrogens (tertiary/aromatic N) is 3. The van der Waals surface area contributed by atoms with Crippen LogP contribution in [0.1, 0.15) is 17.7 Å². The molecular weight excluding hydrogens is 332 g/mol. The fourth-order valence-electron chi connectivity index (χ4n) is 3.09. The number of amides is 1. The van der Waals surface area contributed by atoms with Gasteiger partial charge in [-0.05, 0) is 18.9 Å². The molecule has 0 aliphatic carbocycles. The molecule has 7 nitrogen and oxygen atoms in total. The molecule has 1 fully saturated rings. The summed E-state index contributed by atoms with van der Waals surface area (Å²) in [5.41, 5.74) is 1.87. The van der Waals surface area contributed by atoms with E-state index >= 15 is 0 Å². The van der Waals surface area contributed by atoms with Crippen LogP contribution in [0.3, 0.4) is 0 Å². The highest BCUT2D eigenvalue weighted by Crippen LogP contribution is 2.25. The van der Waals surface area contributed by atoms with Crippen LogP contribution in [0.5, 0.6) is 0 Å². The molecule has 0 spiro atoms. The lowest BCUT2D eigenvalue weighted by Crippen LogP contribution is -2.40. The first-order chi connectivity index (χ1) is 12.7. The van der Waals surface area contributed by atoms with Gasteiger partial charge in [-0.2, -0.15) is 0 Å². The molecule has 1 aromatic carbocycles. The molecule has 2 aromatic rings. The van der Waals surface area contributed by atoms with E-state index in [-0.39, 0.29) is 18.8 Å². The minimum absolute atomic E-state index is 0.0959. The van der Waals surface area contributed by atoms with Gasteiger partial charge in [0.15, 0.2) is 0 Å². The third-order valence-electron chi connectivity index (χ3n) is 4.49. The van der Waals surface area contributed by atoms with Gasteiger partial charge in [-0.25, -0.2) is 14.8 Å². The van der Waals surface area contributed by atoms with Gasteiger partial charge in [-0.1, -0.05) is 30.3 Å². The van der Waals surface area contributed by atoms with E-state index in [2.05, 4.69) is 20.2 Å². The van der Waals surface area contributed by atoms with Crippen molar-refractivity contribution in [1.29, 1.82) is 0 Å². The fraction of sp³-hybridized carbons (Fsp3) is 0.421. The highest BCUT2D eigenvalue weighted by molar-refractivity contribution is 5.67. The molecule has 1 aliphatic rings. The summed E-state index contributed by atoms with van der Waals surface area (Å²) in [5, 5.41) is 2.85. The van der Waals surface area contributed by atoms with Crippen LogP contribution in [-0.2, 0) is 16.1 Å². The van der Waals surface area contributed by atoms with Crippen molar-refractivity contribution in [3.05, 3.63) is 54.0 Å². The van der Waals surface area contributed by atoms with E-state index in [4.69, 9.17) is 9.47 Å². The zero-order valence-electron chi connectivity index (χ0n) is 15.1. The first kappa shape index (κ1) is 18.1. The SMILES string of the molecule is CO[C@@H]1C[C@H](CNC(=O)OCc2ccccc2)N(c2cc(C)ncn2)C1. The molecule has 1 aliphatic heterocycles. The molecule has 1 N–H and O–H groups in total. The molecular formula is C19H24N4O3. The van der Waals surface area contributed by atoms with Crippen molar-refractivity contribution in [2.24, 2.45) is 0 Å². The zero-order valence-corrected chi connectivity index (χ0v) is 15.1. The van der Waals surface area contributed by atoms with Crippen molar-refractivity contribution in [2.45, 2.75) is 32.1 Å². The molecule has 0 radical (unpaired) electrons. The Bertz CT molecular complexity index is 726. The molecule has 0 unspecified atom stereocenters. The van der Waals surface area contributed by atoms with Gasteiger partial charge in [0.05, 0.1) is 12.1 Å². The smallest absolute Gasteiger partial charge is 0.407 e. The normalized spacial score (nSPS) is 19.4. The number of hydrogen-bond donors (Lipinski definition) is 1.